The number of benzene rings is 3. The summed E-state index contributed by atoms with van der Waals surface area (Å²) >= 11 is 0. The second-order valence-corrected chi connectivity index (χ2v) is 13.1. The largest absolute Gasteiger partial charge is 0.497 e. The van der Waals surface area contributed by atoms with Gasteiger partial charge in [-0.15, -0.1) is 0 Å². The first-order valence-corrected chi connectivity index (χ1v) is 15.8. The zero-order valence-corrected chi connectivity index (χ0v) is 27.7. The summed E-state index contributed by atoms with van der Waals surface area (Å²) in [4.78, 5) is 28.3. The van der Waals surface area contributed by atoms with Gasteiger partial charge in [0.25, 0.3) is 0 Å². The minimum Gasteiger partial charge on any atom is -0.497 e. The van der Waals surface area contributed by atoms with Crippen LogP contribution in [0.1, 0.15) is 60.8 Å². The number of methoxy groups -OCH3 is 2. The van der Waals surface area contributed by atoms with Gasteiger partial charge in [0.15, 0.2) is 5.78 Å². The van der Waals surface area contributed by atoms with Crippen LogP contribution >= 0.6 is 0 Å². The standard InChI is InChI=1S/C37H45N5O4/c1-25-7-13-29(14-8-25)42-35(23-34(40-42)37(2,3)4)39-36(44)38-28-11-9-26(10-12-28)21-27-17-19-41(20-18-27)24-32(43)31-22-30(45-5)15-16-33(31)46-6/h7-16,22-23,27H,17-21,24H2,1-6H3,(H2,38,39,44). The second kappa shape index (κ2) is 14.2. The molecule has 9 heteroatoms. The molecule has 0 atom stereocenters. The number of likely N-dealkylation sites (tertiary alicyclic amines) is 1. The number of nitrogens with zero attached hydrogens (tertiary/aromatic N) is 3. The minimum absolute atomic E-state index is 0.0376. The van der Waals surface area contributed by atoms with Crippen molar-refractivity contribution < 1.29 is 19.1 Å². The Bertz CT molecular complexity index is 1650. The highest BCUT2D eigenvalue weighted by molar-refractivity contribution is 6.00. The molecule has 3 aromatic carbocycles. The molecule has 1 aliphatic heterocycles. The van der Waals surface area contributed by atoms with Gasteiger partial charge in [-0.1, -0.05) is 50.6 Å². The fourth-order valence-electron chi connectivity index (χ4n) is 5.72. The van der Waals surface area contributed by atoms with Gasteiger partial charge >= 0.3 is 6.03 Å². The maximum absolute atomic E-state index is 13.1. The minimum atomic E-state index is -0.324. The number of ketones is 1. The summed E-state index contributed by atoms with van der Waals surface area (Å²) in [5.41, 5.74) is 5.27. The highest BCUT2D eigenvalue weighted by atomic mass is 16.5. The molecule has 4 aromatic rings. The average molecular weight is 624 g/mol. The summed E-state index contributed by atoms with van der Waals surface area (Å²) in [7, 11) is 3.17. The van der Waals surface area contributed by atoms with E-state index in [0.717, 1.165) is 55.0 Å². The van der Waals surface area contributed by atoms with Crippen LogP contribution in [0.4, 0.5) is 16.3 Å². The van der Waals surface area contributed by atoms with E-state index in [1.165, 1.54) is 5.56 Å². The number of aromatic nitrogens is 2. The van der Waals surface area contributed by atoms with Crippen LogP contribution in [-0.2, 0) is 11.8 Å². The van der Waals surface area contributed by atoms with Gasteiger partial charge in [-0.25, -0.2) is 9.48 Å². The number of nitrogens with one attached hydrogen (secondary N) is 2. The molecule has 0 radical (unpaired) electrons. The molecule has 0 saturated carbocycles. The fraction of sp³-hybridized carbons (Fsp3) is 0.378. The van der Waals surface area contributed by atoms with Gasteiger partial charge in [0, 0.05) is 17.2 Å². The Morgan fingerprint density at radius 3 is 2.22 bits per heavy atom. The predicted molar refractivity (Wildman–Crippen MR) is 183 cm³/mol. The van der Waals surface area contributed by atoms with Gasteiger partial charge in [0.2, 0.25) is 0 Å². The molecule has 1 saturated heterocycles. The molecule has 2 N–H and O–H groups in total. The summed E-state index contributed by atoms with van der Waals surface area (Å²) < 4.78 is 12.5. The SMILES string of the molecule is COc1ccc(OC)c(C(=O)CN2CCC(Cc3ccc(NC(=O)Nc4cc(C(C)(C)C)nn4-c4ccc(C)cc4)cc3)CC2)c1. The summed E-state index contributed by atoms with van der Waals surface area (Å²) in [6.45, 7) is 10.5. The van der Waals surface area contributed by atoms with Crippen molar-refractivity contribution in [1.29, 1.82) is 0 Å². The number of aryl methyl sites for hydroxylation is 1. The van der Waals surface area contributed by atoms with Crippen molar-refractivity contribution in [3.8, 4) is 17.2 Å². The van der Waals surface area contributed by atoms with Crippen LogP contribution in [0.2, 0.25) is 0 Å². The quantitative estimate of drug-likeness (QED) is 0.180. The Morgan fingerprint density at radius 1 is 0.891 bits per heavy atom. The Morgan fingerprint density at radius 2 is 1.59 bits per heavy atom. The highest BCUT2D eigenvalue weighted by Gasteiger charge is 2.24. The number of anilines is 2. The second-order valence-electron chi connectivity index (χ2n) is 13.1. The van der Waals surface area contributed by atoms with E-state index < -0.39 is 0 Å². The highest BCUT2D eigenvalue weighted by Crippen LogP contribution is 2.28. The van der Waals surface area contributed by atoms with E-state index in [9.17, 15) is 9.59 Å². The van der Waals surface area contributed by atoms with E-state index in [0.29, 0.717) is 35.3 Å². The first kappa shape index (κ1) is 32.8. The molecule has 0 unspecified atom stereocenters. The van der Waals surface area contributed by atoms with Gasteiger partial charge in [-0.05, 0) is 93.2 Å². The van der Waals surface area contributed by atoms with E-state index in [2.05, 4.69) is 48.4 Å². The lowest BCUT2D eigenvalue weighted by Crippen LogP contribution is -2.37. The van der Waals surface area contributed by atoms with Crippen LogP contribution in [0, 0.1) is 12.8 Å². The maximum atomic E-state index is 13.1. The number of urea groups is 1. The number of hydrogen-bond acceptors (Lipinski definition) is 6. The molecular formula is C37H45N5O4. The van der Waals surface area contributed by atoms with Crippen molar-refractivity contribution in [2.45, 2.75) is 52.4 Å². The first-order chi connectivity index (χ1) is 22.0. The summed E-state index contributed by atoms with van der Waals surface area (Å²) in [6, 6.07) is 23.0. The maximum Gasteiger partial charge on any atom is 0.324 e. The smallest absolute Gasteiger partial charge is 0.324 e. The molecular weight excluding hydrogens is 578 g/mol. The lowest BCUT2D eigenvalue weighted by Gasteiger charge is -2.31. The Hall–Kier alpha value is -4.63. The first-order valence-electron chi connectivity index (χ1n) is 15.8. The van der Waals surface area contributed by atoms with Crippen molar-refractivity contribution >= 4 is 23.3 Å². The number of piperidine rings is 1. The Balaban J connectivity index is 1.13. The van der Waals surface area contributed by atoms with Crippen molar-refractivity contribution in [2.24, 2.45) is 5.92 Å². The number of rotatable bonds is 10. The molecule has 0 aliphatic carbocycles. The average Bonchev–Trinajstić information content (AvgIpc) is 3.47. The molecule has 242 valence electrons. The molecule has 46 heavy (non-hydrogen) atoms. The molecule has 2 amide bonds. The van der Waals surface area contributed by atoms with E-state index in [1.807, 2.05) is 49.4 Å². The van der Waals surface area contributed by atoms with Gasteiger partial charge < -0.3 is 14.8 Å². The number of hydrogen-bond donors (Lipinski definition) is 2. The number of carbonyl (C=O) groups is 2. The third-order valence-electron chi connectivity index (χ3n) is 8.52. The van der Waals surface area contributed by atoms with Crippen molar-refractivity contribution in [3.63, 3.8) is 0 Å². The molecule has 1 fully saturated rings. The monoisotopic (exact) mass is 623 g/mol. The molecule has 1 aliphatic rings. The normalized spacial score (nSPS) is 14.1. The van der Waals surface area contributed by atoms with Crippen LogP contribution in [-0.4, -0.2) is 60.3 Å². The molecule has 2 heterocycles. The van der Waals surface area contributed by atoms with E-state index in [4.69, 9.17) is 14.6 Å². The predicted octanol–water partition coefficient (Wildman–Crippen LogP) is 7.28. The molecule has 1 aromatic heterocycles. The van der Waals surface area contributed by atoms with Gasteiger partial charge in [-0.2, -0.15) is 5.10 Å². The topological polar surface area (TPSA) is 97.7 Å². The fourth-order valence-corrected chi connectivity index (χ4v) is 5.72. The van der Waals surface area contributed by atoms with E-state index in [-0.39, 0.29) is 17.2 Å². The van der Waals surface area contributed by atoms with Gasteiger partial charge in [0.1, 0.15) is 17.3 Å². The molecule has 0 spiro atoms. The van der Waals surface area contributed by atoms with E-state index in [1.54, 1.807) is 37.1 Å². The summed E-state index contributed by atoms with van der Waals surface area (Å²) in [5.74, 6) is 2.40. The van der Waals surface area contributed by atoms with Gasteiger partial charge in [0.05, 0.1) is 37.7 Å². The summed E-state index contributed by atoms with van der Waals surface area (Å²) in [6.07, 6.45) is 3.01. The van der Waals surface area contributed by atoms with Gasteiger partial charge in [-0.3, -0.25) is 15.0 Å². The van der Waals surface area contributed by atoms with Crippen LogP contribution in [0.5, 0.6) is 11.5 Å². The third-order valence-corrected chi connectivity index (χ3v) is 8.52. The van der Waals surface area contributed by atoms with Crippen LogP contribution < -0.4 is 20.1 Å². The van der Waals surface area contributed by atoms with Crippen LogP contribution in [0.15, 0.2) is 72.8 Å². The molecule has 5 rings (SSSR count). The lowest BCUT2D eigenvalue weighted by atomic mass is 9.90. The lowest BCUT2D eigenvalue weighted by molar-refractivity contribution is 0.0892. The van der Waals surface area contributed by atoms with Crippen LogP contribution in [0.3, 0.4) is 0 Å². The van der Waals surface area contributed by atoms with Crippen molar-refractivity contribution in [1.82, 2.24) is 14.7 Å². The molecule has 0 bridgehead atoms. The van der Waals surface area contributed by atoms with E-state index >= 15 is 0 Å². The number of carbonyl (C=O) groups excluding carboxylic acids is 2. The number of ether oxygens (including phenoxy) is 2. The van der Waals surface area contributed by atoms with Crippen LogP contribution in [0.25, 0.3) is 5.69 Å². The summed E-state index contributed by atoms with van der Waals surface area (Å²) in [5, 5.41) is 10.8. The number of Topliss-reactive ketones (excluding diaryl/α,β-unsaturated/α-hetero) is 1. The Labute approximate surface area is 271 Å². The third kappa shape index (κ3) is 8.14. The zero-order chi connectivity index (χ0) is 32.8. The molecule has 9 nitrogen and oxygen atoms in total. The zero-order valence-electron chi connectivity index (χ0n) is 27.7. The van der Waals surface area contributed by atoms with Crippen molar-refractivity contribution in [2.75, 3.05) is 44.5 Å². The van der Waals surface area contributed by atoms with Crippen molar-refractivity contribution in [3.05, 3.63) is 95.2 Å². The Kier molecular flexibility index (Phi) is 10.1. The number of amides is 2.